The number of carbonyl (C=O) groups is 1. The second-order valence-electron chi connectivity index (χ2n) is 7.90. The van der Waals surface area contributed by atoms with Crippen molar-refractivity contribution in [2.75, 3.05) is 0 Å². The summed E-state index contributed by atoms with van der Waals surface area (Å²) >= 11 is 0. The monoisotopic (exact) mass is 422 g/mol. The molecule has 5 rings (SSSR count). The van der Waals surface area contributed by atoms with Crippen molar-refractivity contribution in [3.05, 3.63) is 102 Å². The number of nitrogens with zero attached hydrogens (tertiary/aromatic N) is 2. The van der Waals surface area contributed by atoms with Crippen LogP contribution >= 0.6 is 0 Å². The zero-order chi connectivity index (χ0) is 22.2. The normalized spacial score (nSPS) is 12.2. The molecule has 158 valence electrons. The zero-order valence-electron chi connectivity index (χ0n) is 17.8. The van der Waals surface area contributed by atoms with Gasteiger partial charge in [0.05, 0.1) is 22.2 Å². The van der Waals surface area contributed by atoms with Gasteiger partial charge < -0.3 is 14.2 Å². The summed E-state index contributed by atoms with van der Waals surface area (Å²) in [6.07, 6.45) is 3.68. The highest BCUT2D eigenvalue weighted by atomic mass is 16.5. The Labute approximate surface area is 185 Å². The molecular formula is C27H22N2O3. The molecule has 0 spiro atoms. The lowest BCUT2D eigenvalue weighted by molar-refractivity contribution is 0.0698. The van der Waals surface area contributed by atoms with Crippen LogP contribution in [-0.2, 0) is 0 Å². The highest BCUT2D eigenvalue weighted by Crippen LogP contribution is 2.36. The van der Waals surface area contributed by atoms with Crippen molar-refractivity contribution < 1.29 is 14.6 Å². The maximum atomic E-state index is 12.3. The van der Waals surface area contributed by atoms with Crippen molar-refractivity contribution >= 4 is 22.4 Å². The predicted octanol–water partition coefficient (Wildman–Crippen LogP) is 6.30. The molecule has 32 heavy (non-hydrogen) atoms. The third-order valence-electron chi connectivity index (χ3n) is 5.73. The van der Waals surface area contributed by atoms with Gasteiger partial charge in [0.15, 0.2) is 0 Å². The average molecular weight is 422 g/mol. The fraction of sp³-hybridized carbons (Fsp3) is 0.111. The van der Waals surface area contributed by atoms with Gasteiger partial charge in [-0.25, -0.2) is 9.78 Å². The Hall–Kier alpha value is -4.12. The number of fused-ring (bicyclic) bond motifs is 2. The Morgan fingerprint density at radius 1 is 1.03 bits per heavy atom. The second kappa shape index (κ2) is 7.85. The summed E-state index contributed by atoms with van der Waals surface area (Å²) in [6, 6.07) is 23.2. The molecule has 5 nitrogen and oxygen atoms in total. The molecular weight excluding hydrogens is 400 g/mol. The van der Waals surface area contributed by atoms with Gasteiger partial charge in [-0.15, -0.1) is 0 Å². The summed E-state index contributed by atoms with van der Waals surface area (Å²) < 4.78 is 8.24. The number of carboxylic acid groups (broad SMARTS) is 1. The van der Waals surface area contributed by atoms with E-state index in [9.17, 15) is 9.90 Å². The number of benzene rings is 2. The van der Waals surface area contributed by atoms with Crippen LogP contribution in [0.5, 0.6) is 5.75 Å². The highest BCUT2D eigenvalue weighted by Gasteiger charge is 2.20. The Kier molecular flexibility index (Phi) is 4.86. The van der Waals surface area contributed by atoms with Crippen molar-refractivity contribution in [2.24, 2.45) is 0 Å². The van der Waals surface area contributed by atoms with E-state index in [2.05, 4.69) is 0 Å². The third-order valence-corrected chi connectivity index (χ3v) is 5.73. The van der Waals surface area contributed by atoms with Crippen LogP contribution in [0, 0.1) is 6.92 Å². The van der Waals surface area contributed by atoms with Crippen LogP contribution in [0.4, 0.5) is 0 Å². The van der Waals surface area contributed by atoms with Crippen LogP contribution in [0.25, 0.3) is 27.7 Å². The van der Waals surface area contributed by atoms with Gasteiger partial charge in [-0.2, -0.15) is 0 Å². The van der Waals surface area contributed by atoms with Crippen molar-refractivity contribution in [3.8, 4) is 17.0 Å². The van der Waals surface area contributed by atoms with E-state index in [1.54, 1.807) is 6.07 Å². The summed E-state index contributed by atoms with van der Waals surface area (Å²) in [4.78, 5) is 17.2. The first-order valence-corrected chi connectivity index (χ1v) is 10.5. The Bertz CT molecular complexity index is 1420. The molecule has 0 fully saturated rings. The third kappa shape index (κ3) is 3.48. The molecule has 5 heteroatoms. The molecule has 3 heterocycles. The maximum absolute atomic E-state index is 12.3. The number of hydrogen-bond acceptors (Lipinski definition) is 3. The number of aromatic nitrogens is 2. The van der Waals surface area contributed by atoms with Crippen molar-refractivity contribution in [3.63, 3.8) is 0 Å². The van der Waals surface area contributed by atoms with Crippen molar-refractivity contribution in [1.82, 2.24) is 9.38 Å². The second-order valence-corrected chi connectivity index (χ2v) is 7.90. The summed E-state index contributed by atoms with van der Waals surface area (Å²) in [5.41, 5.74) is 5.23. The number of ether oxygens (including phenoxy) is 1. The number of rotatable bonds is 5. The first-order chi connectivity index (χ1) is 15.5. The molecule has 0 amide bonds. The molecule has 1 N–H and O–H groups in total. The quantitative estimate of drug-likeness (QED) is 0.361. The van der Waals surface area contributed by atoms with Crippen LogP contribution in [0.3, 0.4) is 0 Å². The predicted molar refractivity (Wildman–Crippen MR) is 125 cm³/mol. The van der Waals surface area contributed by atoms with Gasteiger partial charge in [-0.1, -0.05) is 42.5 Å². The lowest BCUT2D eigenvalue weighted by Crippen LogP contribution is -2.07. The summed E-state index contributed by atoms with van der Waals surface area (Å²) in [6.45, 7) is 3.89. The maximum Gasteiger partial charge on any atom is 0.336 e. The minimum Gasteiger partial charge on any atom is -0.485 e. The molecule has 0 aliphatic heterocycles. The van der Waals surface area contributed by atoms with E-state index in [-0.39, 0.29) is 11.7 Å². The summed E-state index contributed by atoms with van der Waals surface area (Å²) in [5.74, 6) is -0.495. The smallest absolute Gasteiger partial charge is 0.336 e. The van der Waals surface area contributed by atoms with Gasteiger partial charge >= 0.3 is 5.97 Å². The van der Waals surface area contributed by atoms with Crippen molar-refractivity contribution in [2.45, 2.75) is 20.0 Å². The number of aryl methyl sites for hydroxylation is 1. The summed E-state index contributed by atoms with van der Waals surface area (Å²) in [7, 11) is 0. The Balaban J connectivity index is 1.67. The van der Waals surface area contributed by atoms with Crippen LogP contribution in [0.15, 0.2) is 85.2 Å². The van der Waals surface area contributed by atoms with Crippen LogP contribution < -0.4 is 4.74 Å². The van der Waals surface area contributed by atoms with E-state index in [1.807, 2.05) is 97.4 Å². The molecule has 0 saturated carbocycles. The lowest BCUT2D eigenvalue weighted by Gasteiger charge is -2.18. The fourth-order valence-corrected chi connectivity index (χ4v) is 4.04. The molecule has 0 aliphatic rings. The molecule has 0 radical (unpaired) electrons. The van der Waals surface area contributed by atoms with E-state index in [1.165, 1.54) is 0 Å². The number of pyridine rings is 2. The summed E-state index contributed by atoms with van der Waals surface area (Å²) in [5, 5.41) is 10.6. The molecule has 0 unspecified atom stereocenters. The van der Waals surface area contributed by atoms with Gasteiger partial charge in [0.1, 0.15) is 11.9 Å². The van der Waals surface area contributed by atoms with Gasteiger partial charge in [0.2, 0.25) is 0 Å². The van der Waals surface area contributed by atoms with E-state index < -0.39 is 5.97 Å². The van der Waals surface area contributed by atoms with E-state index >= 15 is 0 Å². The molecule has 0 bridgehead atoms. The molecule has 0 aliphatic carbocycles. The molecule has 1 atom stereocenters. The number of carboxylic acids is 1. The standard InChI is InChI=1S/C27H22N2O3/c1-17-11-12-24(32-18(2)19-8-4-3-5-9-19)25-22(27(30)31)15-23(28-26(17)25)20-14-21-10-6-7-13-29(21)16-20/h3-16,18H,1-2H3,(H,30,31)/t18-/m0/s1. The van der Waals surface area contributed by atoms with Crippen molar-refractivity contribution in [1.29, 1.82) is 0 Å². The minimum atomic E-state index is -1.01. The first-order valence-electron chi connectivity index (χ1n) is 10.5. The largest absolute Gasteiger partial charge is 0.485 e. The minimum absolute atomic E-state index is 0.180. The Morgan fingerprint density at radius 3 is 2.56 bits per heavy atom. The number of aromatic carboxylic acids is 1. The van der Waals surface area contributed by atoms with E-state index in [0.717, 1.165) is 22.2 Å². The van der Waals surface area contributed by atoms with Crippen LogP contribution in [0.1, 0.15) is 34.5 Å². The molecule has 0 saturated heterocycles. The lowest BCUT2D eigenvalue weighted by atomic mass is 10.0. The zero-order valence-corrected chi connectivity index (χ0v) is 17.8. The molecule has 2 aromatic carbocycles. The van der Waals surface area contributed by atoms with Gasteiger partial charge in [0, 0.05) is 23.5 Å². The van der Waals surface area contributed by atoms with Gasteiger partial charge in [0.25, 0.3) is 0 Å². The Morgan fingerprint density at radius 2 is 1.81 bits per heavy atom. The average Bonchev–Trinajstić information content (AvgIpc) is 3.25. The van der Waals surface area contributed by atoms with Gasteiger partial charge in [-0.3, -0.25) is 0 Å². The van der Waals surface area contributed by atoms with E-state index in [4.69, 9.17) is 9.72 Å². The van der Waals surface area contributed by atoms with E-state index in [0.29, 0.717) is 22.3 Å². The first kappa shape index (κ1) is 19.8. The SMILES string of the molecule is Cc1ccc(O[C@@H](C)c2ccccc2)c2c(C(=O)O)cc(-c3cc4ccccn4c3)nc12. The molecule has 3 aromatic heterocycles. The topological polar surface area (TPSA) is 63.8 Å². The van der Waals surface area contributed by atoms with Crippen LogP contribution in [-0.4, -0.2) is 20.5 Å². The molecule has 5 aromatic rings. The van der Waals surface area contributed by atoms with Crippen LogP contribution in [0.2, 0.25) is 0 Å². The van der Waals surface area contributed by atoms with Gasteiger partial charge in [-0.05, 0) is 55.3 Å². The fourth-order valence-electron chi connectivity index (χ4n) is 4.04. The highest BCUT2D eigenvalue weighted by molar-refractivity contribution is 6.07. The number of hydrogen-bond donors (Lipinski definition) is 1.